The molecule has 0 saturated heterocycles. The maximum Gasteiger partial charge on any atom is 0.276 e. The molecule has 6 rings (SSSR count). The Morgan fingerprint density at radius 2 is 1.97 bits per heavy atom. The van der Waals surface area contributed by atoms with Crippen molar-refractivity contribution in [3.63, 3.8) is 0 Å². The van der Waals surface area contributed by atoms with Crippen LogP contribution in [0.2, 0.25) is 0 Å². The van der Waals surface area contributed by atoms with Gasteiger partial charge in [0.2, 0.25) is 5.88 Å². The number of nitrogens with zero attached hydrogens (tertiary/aromatic N) is 3. The van der Waals surface area contributed by atoms with Crippen LogP contribution < -0.4 is 20.5 Å². The summed E-state index contributed by atoms with van der Waals surface area (Å²) >= 11 is 0. The lowest BCUT2D eigenvalue weighted by Crippen LogP contribution is -2.56. The molecule has 3 saturated carbocycles. The summed E-state index contributed by atoms with van der Waals surface area (Å²) < 4.78 is 6.06. The number of nitrogens with one attached hydrogen (secondary N) is 2. The van der Waals surface area contributed by atoms with Crippen molar-refractivity contribution in [3.05, 3.63) is 41.1 Å². The van der Waals surface area contributed by atoms with Crippen LogP contribution in [0.15, 0.2) is 35.5 Å². The third-order valence-corrected chi connectivity index (χ3v) is 7.37. The molecule has 3 aliphatic carbocycles. The Kier molecular flexibility index (Phi) is 4.48. The van der Waals surface area contributed by atoms with E-state index in [0.717, 1.165) is 69.8 Å². The Bertz CT molecular complexity index is 904. The molecule has 4 aliphatic rings. The Balaban J connectivity index is 1.33. The van der Waals surface area contributed by atoms with Gasteiger partial charge >= 0.3 is 0 Å². The lowest BCUT2D eigenvalue weighted by atomic mass is 9.53. The van der Waals surface area contributed by atoms with Gasteiger partial charge in [-0.15, -0.1) is 0 Å². The van der Waals surface area contributed by atoms with Crippen LogP contribution in [0.5, 0.6) is 5.88 Å². The van der Waals surface area contributed by atoms with Gasteiger partial charge in [0.05, 0.1) is 12.9 Å². The predicted molar refractivity (Wildman–Crippen MR) is 112 cm³/mol. The highest BCUT2D eigenvalue weighted by molar-refractivity contribution is 5.71. The van der Waals surface area contributed by atoms with Gasteiger partial charge in [0.15, 0.2) is 5.82 Å². The average molecular weight is 396 g/mol. The Hall–Kier alpha value is -2.57. The fourth-order valence-electron chi connectivity index (χ4n) is 5.61. The second kappa shape index (κ2) is 7.04. The number of anilines is 2. The van der Waals surface area contributed by atoms with Crippen molar-refractivity contribution >= 4 is 11.5 Å². The largest absolute Gasteiger partial charge is 0.477 e. The van der Waals surface area contributed by atoms with Crippen LogP contribution in [-0.2, 0) is 0 Å². The highest BCUT2D eigenvalue weighted by Gasteiger charge is 2.55. The first-order chi connectivity index (χ1) is 14.1. The smallest absolute Gasteiger partial charge is 0.276 e. The van der Waals surface area contributed by atoms with Gasteiger partial charge < -0.3 is 19.9 Å². The number of aromatic nitrogens is 3. The summed E-state index contributed by atoms with van der Waals surface area (Å²) in [5.41, 5.74) is 1.02. The molecule has 3 fully saturated rings. The molecule has 0 amide bonds. The molecule has 0 aromatic carbocycles. The minimum atomic E-state index is -0.0697. The average Bonchev–Trinajstić information content (AvgIpc) is 3.16. The van der Waals surface area contributed by atoms with E-state index in [9.17, 15) is 4.79 Å². The van der Waals surface area contributed by atoms with E-state index in [-0.39, 0.29) is 22.6 Å². The van der Waals surface area contributed by atoms with Crippen LogP contribution in [0, 0.1) is 10.8 Å². The first kappa shape index (κ1) is 18.5. The molecule has 3 heterocycles. The first-order valence-corrected chi connectivity index (χ1v) is 10.8. The standard InChI is InChI=1S/C22H29N5O2/c1-2-13-27-18-17(19(28)25-15-24-18)26-20(27)22-9-6-21(7-10-22,8-11-22)14-29-16-5-3-4-12-23-16/h3-5,12,15,20,26H,2,6-11,13-14H2,1H3,(H,24,25,28). The van der Waals surface area contributed by atoms with Gasteiger partial charge in [0, 0.05) is 29.6 Å². The number of pyridine rings is 1. The molecule has 2 bridgehead atoms. The molecule has 2 N–H and O–H groups in total. The van der Waals surface area contributed by atoms with Gasteiger partial charge in [0.1, 0.15) is 11.9 Å². The van der Waals surface area contributed by atoms with Crippen LogP contribution in [0.4, 0.5) is 11.5 Å². The van der Waals surface area contributed by atoms with Crippen molar-refractivity contribution in [1.29, 1.82) is 0 Å². The zero-order valence-corrected chi connectivity index (χ0v) is 17.0. The first-order valence-electron chi connectivity index (χ1n) is 10.8. The highest BCUT2D eigenvalue weighted by Crippen LogP contribution is 2.60. The van der Waals surface area contributed by atoms with E-state index in [1.807, 2.05) is 18.2 Å². The van der Waals surface area contributed by atoms with Gasteiger partial charge in [0.25, 0.3) is 5.56 Å². The zero-order chi connectivity index (χ0) is 19.9. The number of aromatic amines is 1. The molecular formula is C22H29N5O2. The monoisotopic (exact) mass is 395 g/mol. The summed E-state index contributed by atoms with van der Waals surface area (Å²) in [5.74, 6) is 1.53. The maximum absolute atomic E-state index is 12.4. The summed E-state index contributed by atoms with van der Waals surface area (Å²) in [5, 5.41) is 3.57. The highest BCUT2D eigenvalue weighted by atomic mass is 16.5. The normalized spacial score (nSPS) is 30.1. The number of hydrogen-bond acceptors (Lipinski definition) is 6. The Morgan fingerprint density at radius 3 is 2.66 bits per heavy atom. The zero-order valence-electron chi connectivity index (χ0n) is 17.0. The fourth-order valence-corrected chi connectivity index (χ4v) is 5.61. The van der Waals surface area contributed by atoms with Crippen molar-refractivity contribution in [2.45, 2.75) is 58.0 Å². The molecule has 2 aromatic rings. The number of fused-ring (bicyclic) bond motifs is 4. The van der Waals surface area contributed by atoms with E-state index in [1.54, 1.807) is 6.20 Å². The van der Waals surface area contributed by atoms with Crippen molar-refractivity contribution in [2.75, 3.05) is 23.4 Å². The number of rotatable bonds is 6. The van der Waals surface area contributed by atoms with Crippen LogP contribution in [0.3, 0.4) is 0 Å². The van der Waals surface area contributed by atoms with Crippen molar-refractivity contribution < 1.29 is 4.74 Å². The SMILES string of the molecule is CCCN1c2nc[nH]c(=O)c2NC1C12CCC(COc3ccccn3)(CC1)CC2. The maximum atomic E-state index is 12.4. The van der Waals surface area contributed by atoms with Gasteiger partial charge in [-0.05, 0) is 51.0 Å². The summed E-state index contributed by atoms with van der Waals surface area (Å²) in [6, 6.07) is 5.81. The molecule has 1 atom stereocenters. The number of ether oxygens (including phenoxy) is 1. The van der Waals surface area contributed by atoms with Gasteiger partial charge in [-0.1, -0.05) is 13.0 Å². The Labute approximate surface area is 170 Å². The van der Waals surface area contributed by atoms with E-state index in [2.05, 4.69) is 32.1 Å². The van der Waals surface area contributed by atoms with Crippen LogP contribution in [0.1, 0.15) is 51.9 Å². The summed E-state index contributed by atoms with van der Waals surface area (Å²) in [6.45, 7) is 3.84. The molecule has 154 valence electrons. The molecule has 0 spiro atoms. The van der Waals surface area contributed by atoms with E-state index in [1.165, 1.54) is 6.33 Å². The lowest BCUT2D eigenvalue weighted by Gasteiger charge is -2.56. The van der Waals surface area contributed by atoms with E-state index >= 15 is 0 Å². The third kappa shape index (κ3) is 3.07. The summed E-state index contributed by atoms with van der Waals surface area (Å²) in [4.78, 5) is 26.2. The molecule has 2 aromatic heterocycles. The molecule has 7 heteroatoms. The van der Waals surface area contributed by atoms with Gasteiger partial charge in [-0.3, -0.25) is 4.79 Å². The Morgan fingerprint density at radius 1 is 1.17 bits per heavy atom. The van der Waals surface area contributed by atoms with Crippen molar-refractivity contribution in [1.82, 2.24) is 15.0 Å². The molecule has 1 unspecified atom stereocenters. The predicted octanol–water partition coefficient (Wildman–Crippen LogP) is 3.55. The molecule has 0 radical (unpaired) electrons. The molecule has 1 aliphatic heterocycles. The second-order valence-corrected chi connectivity index (χ2v) is 8.99. The lowest BCUT2D eigenvalue weighted by molar-refractivity contribution is -0.0454. The second-order valence-electron chi connectivity index (χ2n) is 8.99. The third-order valence-electron chi connectivity index (χ3n) is 7.37. The van der Waals surface area contributed by atoms with E-state index < -0.39 is 0 Å². The summed E-state index contributed by atoms with van der Waals surface area (Å²) in [7, 11) is 0. The number of hydrogen-bond donors (Lipinski definition) is 2. The summed E-state index contributed by atoms with van der Waals surface area (Å²) in [6.07, 6.45) is 11.4. The minimum absolute atomic E-state index is 0.0697. The van der Waals surface area contributed by atoms with Crippen LogP contribution in [-0.4, -0.2) is 34.3 Å². The van der Waals surface area contributed by atoms with Gasteiger partial charge in [-0.25, -0.2) is 9.97 Å². The van der Waals surface area contributed by atoms with E-state index in [4.69, 9.17) is 4.74 Å². The fraction of sp³-hybridized carbons (Fsp3) is 0.591. The quantitative estimate of drug-likeness (QED) is 0.778. The molecule has 29 heavy (non-hydrogen) atoms. The van der Waals surface area contributed by atoms with Crippen LogP contribution in [0.25, 0.3) is 0 Å². The molecular weight excluding hydrogens is 366 g/mol. The minimum Gasteiger partial charge on any atom is -0.477 e. The van der Waals surface area contributed by atoms with Crippen LogP contribution >= 0.6 is 0 Å². The van der Waals surface area contributed by atoms with Crippen molar-refractivity contribution in [3.8, 4) is 5.88 Å². The van der Waals surface area contributed by atoms with Crippen molar-refractivity contribution in [2.24, 2.45) is 10.8 Å². The van der Waals surface area contributed by atoms with E-state index in [0.29, 0.717) is 5.69 Å². The van der Waals surface area contributed by atoms with Gasteiger partial charge in [-0.2, -0.15) is 0 Å². The molecule has 7 nitrogen and oxygen atoms in total. The topological polar surface area (TPSA) is 83.1 Å². The number of H-pyrrole nitrogens is 1.